The molecule has 1 aromatic rings. The van der Waals surface area contributed by atoms with Crippen molar-refractivity contribution in [3.63, 3.8) is 0 Å². The van der Waals surface area contributed by atoms with Gasteiger partial charge in [-0.2, -0.15) is 0 Å². The third-order valence-corrected chi connectivity index (χ3v) is 13.5. The maximum atomic E-state index is 17.0. The summed E-state index contributed by atoms with van der Waals surface area (Å²) in [4.78, 5) is 54.0. The summed E-state index contributed by atoms with van der Waals surface area (Å²) < 4.78 is 36.1. The molecule has 3 aliphatic rings. The third kappa shape index (κ3) is 11.2. The standard InChI is InChI=1S/C46H72FN3O9/c1-14-36-46(12,55)34-21-20-33(49-56-26-32-18-16-15-17-19-32)22-23-44(10,25-27(2)37(29(34)4)48-31(6)51)40(30(5)39(53)45(11,47)42(54)58-36)59-41-38(52)35(24-28(3)57-41)50(13)43(7,8)9/h15-19,27-30,34-36,38,40-41,52,55H,14,20-26H2,1-13H3/b48-37+,49-33+/t27-,28-,29-,30+,34-,35+,36-,38-,40-,41+,44-,45+,46+/m1/s1. The summed E-state index contributed by atoms with van der Waals surface area (Å²) in [5.74, 6) is -5.74. The second kappa shape index (κ2) is 19.3. The van der Waals surface area contributed by atoms with E-state index in [0.717, 1.165) is 12.5 Å². The molecule has 1 amide bonds. The minimum absolute atomic E-state index is 0.112. The van der Waals surface area contributed by atoms with Crippen molar-refractivity contribution < 1.29 is 48.0 Å². The third-order valence-electron chi connectivity index (χ3n) is 13.5. The molecule has 1 aromatic carbocycles. The van der Waals surface area contributed by atoms with Gasteiger partial charge in [-0.15, -0.1) is 0 Å². The van der Waals surface area contributed by atoms with E-state index in [-0.39, 0.29) is 30.7 Å². The molecule has 0 aromatic heterocycles. The summed E-state index contributed by atoms with van der Waals surface area (Å²) in [6.07, 6.45) is -2.70. The molecule has 2 heterocycles. The molecular weight excluding hydrogens is 758 g/mol. The van der Waals surface area contributed by atoms with Crippen LogP contribution >= 0.6 is 0 Å². The van der Waals surface area contributed by atoms with Crippen molar-refractivity contribution in [3.05, 3.63) is 35.9 Å². The largest absolute Gasteiger partial charge is 0.457 e. The Morgan fingerprint density at radius 2 is 1.69 bits per heavy atom. The Bertz CT molecular complexity index is 1680. The number of cyclic esters (lactones) is 1. The number of aliphatic hydroxyl groups excluding tert-OH is 1. The number of hydrogen-bond acceptors (Lipinski definition) is 11. The van der Waals surface area contributed by atoms with Crippen LogP contribution in [0.3, 0.4) is 0 Å². The number of esters is 1. The Hall–Kier alpha value is -3.10. The van der Waals surface area contributed by atoms with Gasteiger partial charge in [0.25, 0.3) is 5.67 Å². The van der Waals surface area contributed by atoms with Gasteiger partial charge in [0, 0.05) is 36.1 Å². The number of oxime groups is 1. The quantitative estimate of drug-likeness (QED) is 0.161. The molecule has 3 fully saturated rings. The number of amides is 1. The monoisotopic (exact) mass is 830 g/mol. The van der Waals surface area contributed by atoms with E-state index in [2.05, 4.69) is 35.8 Å². The average molecular weight is 830 g/mol. The van der Waals surface area contributed by atoms with Crippen LogP contribution in [-0.4, -0.2) is 105 Å². The van der Waals surface area contributed by atoms with Crippen LogP contribution in [0.1, 0.15) is 134 Å². The number of benzene rings is 1. The normalized spacial score (nSPS) is 39.6. The number of hydrogen-bond donors (Lipinski definition) is 2. The number of aliphatic imine (C=N–C) groups is 1. The van der Waals surface area contributed by atoms with E-state index in [1.807, 2.05) is 65.1 Å². The van der Waals surface area contributed by atoms with Crippen molar-refractivity contribution in [2.75, 3.05) is 7.05 Å². The van der Waals surface area contributed by atoms with Gasteiger partial charge in [0.2, 0.25) is 5.91 Å². The highest BCUT2D eigenvalue weighted by Gasteiger charge is 2.56. The smallest absolute Gasteiger partial charge is 0.351 e. The number of ketones is 1. The highest BCUT2D eigenvalue weighted by Crippen LogP contribution is 2.47. The van der Waals surface area contributed by atoms with Gasteiger partial charge in [-0.1, -0.05) is 70.1 Å². The molecule has 13 heteroatoms. The first-order valence-electron chi connectivity index (χ1n) is 21.5. The molecule has 2 saturated heterocycles. The molecule has 0 radical (unpaired) electrons. The minimum atomic E-state index is -3.12. The molecule has 59 heavy (non-hydrogen) atoms. The Morgan fingerprint density at radius 1 is 1.05 bits per heavy atom. The predicted octanol–water partition coefficient (Wildman–Crippen LogP) is 7.41. The number of alkyl halides is 1. The molecule has 0 unspecified atom stereocenters. The molecule has 13 atom stereocenters. The highest BCUT2D eigenvalue weighted by atomic mass is 19.1. The van der Waals surface area contributed by atoms with Crippen LogP contribution in [0, 0.1) is 29.1 Å². The second-order valence-electron chi connectivity index (χ2n) is 19.3. The topological polar surface area (TPSA) is 157 Å². The van der Waals surface area contributed by atoms with Crippen LogP contribution in [0.4, 0.5) is 4.39 Å². The lowest BCUT2D eigenvalue weighted by atomic mass is 9.65. The van der Waals surface area contributed by atoms with E-state index in [1.54, 1.807) is 13.8 Å². The van der Waals surface area contributed by atoms with Gasteiger partial charge in [0.1, 0.15) is 24.4 Å². The van der Waals surface area contributed by atoms with Crippen LogP contribution in [0.2, 0.25) is 0 Å². The number of Topliss-reactive ketones (excluding diaryl/α,β-unsaturated/α-hetero) is 1. The van der Waals surface area contributed by atoms with Gasteiger partial charge >= 0.3 is 5.97 Å². The van der Waals surface area contributed by atoms with Gasteiger partial charge in [-0.05, 0) is 116 Å². The van der Waals surface area contributed by atoms with Crippen molar-refractivity contribution in [1.29, 1.82) is 0 Å². The van der Waals surface area contributed by atoms with E-state index in [1.165, 1.54) is 13.8 Å². The molecule has 0 spiro atoms. The summed E-state index contributed by atoms with van der Waals surface area (Å²) in [5.41, 5.74) is -4.01. The van der Waals surface area contributed by atoms with E-state index in [4.69, 9.17) is 19.0 Å². The summed E-state index contributed by atoms with van der Waals surface area (Å²) in [6.45, 7) is 21.2. The Labute approximate surface area is 351 Å². The van der Waals surface area contributed by atoms with Gasteiger partial charge in [0.15, 0.2) is 12.1 Å². The number of fused-ring (bicyclic) bond motifs is 5. The van der Waals surface area contributed by atoms with Gasteiger partial charge < -0.3 is 29.3 Å². The number of carbonyl (C=O) groups is 3. The molecular formula is C46H72FN3O9. The number of halogens is 1. The molecule has 2 N–H and O–H groups in total. The van der Waals surface area contributed by atoms with E-state index in [0.29, 0.717) is 49.9 Å². The first-order valence-corrected chi connectivity index (χ1v) is 21.5. The van der Waals surface area contributed by atoms with Gasteiger partial charge in [-0.25, -0.2) is 14.2 Å². The zero-order valence-electron chi connectivity index (χ0n) is 37.8. The van der Waals surface area contributed by atoms with Crippen LogP contribution in [0.25, 0.3) is 0 Å². The number of nitrogens with zero attached hydrogens (tertiary/aromatic N) is 3. The predicted molar refractivity (Wildman–Crippen MR) is 225 cm³/mol. The van der Waals surface area contributed by atoms with Crippen LogP contribution in [-0.2, 0) is 40.0 Å². The molecule has 2 bridgehead atoms. The zero-order valence-corrected chi connectivity index (χ0v) is 37.8. The number of likely N-dealkylation sites (N-methyl/N-ethyl adjacent to an activating group) is 1. The molecule has 2 aliphatic heterocycles. The van der Waals surface area contributed by atoms with Crippen LogP contribution < -0.4 is 0 Å². The zero-order chi connectivity index (χ0) is 44.2. The highest BCUT2D eigenvalue weighted by molar-refractivity contribution is 6.08. The first kappa shape index (κ1) is 48.6. The van der Waals surface area contributed by atoms with E-state index >= 15 is 4.39 Å². The molecule has 1 saturated carbocycles. The lowest BCUT2D eigenvalue weighted by molar-refractivity contribution is -0.290. The maximum Gasteiger partial charge on any atom is 0.351 e. The number of rotatable bonds is 7. The first-order chi connectivity index (χ1) is 27.3. The Morgan fingerprint density at radius 3 is 2.29 bits per heavy atom. The summed E-state index contributed by atoms with van der Waals surface area (Å²) in [6, 6.07) is 9.28. The SMILES string of the molecule is CC[C@H]1OC(=O)[C@@](C)(F)C(=O)[C@H](C)[C@@H](O[C@@H]2O[C@H](C)C[C@H](N(C)C(C)(C)C)[C@H]2O)[C@]2(C)CC/C(=N/OCc3ccccc3)CC[C@H]([C@@H](C)/C(=N/C(C)=O)[C@H](C)C2)[C@]1(C)O. The fourth-order valence-electron chi connectivity index (χ4n) is 9.82. The van der Waals surface area contributed by atoms with E-state index in [9.17, 15) is 24.6 Å². The lowest BCUT2D eigenvalue weighted by Gasteiger charge is -2.50. The second-order valence-corrected chi connectivity index (χ2v) is 19.3. The average Bonchev–Trinajstić information content (AvgIpc) is 3.17. The van der Waals surface area contributed by atoms with Crippen LogP contribution in [0.15, 0.2) is 40.5 Å². The Kier molecular flexibility index (Phi) is 15.9. The fourth-order valence-corrected chi connectivity index (χ4v) is 9.82. The maximum absolute atomic E-state index is 17.0. The Balaban J connectivity index is 1.97. The number of carbonyl (C=O) groups excluding carboxylic acids is 3. The lowest BCUT2D eigenvalue weighted by Crippen LogP contribution is -2.61. The molecule has 4 rings (SSSR count). The minimum Gasteiger partial charge on any atom is -0.457 e. The van der Waals surface area contributed by atoms with Crippen molar-refractivity contribution in [1.82, 2.24) is 4.90 Å². The van der Waals surface area contributed by atoms with Crippen molar-refractivity contribution in [2.45, 2.75) is 188 Å². The number of aliphatic hydroxyl groups is 2. The van der Waals surface area contributed by atoms with E-state index < -0.39 is 82.6 Å². The summed E-state index contributed by atoms with van der Waals surface area (Å²) in [5, 5.41) is 29.2. The molecule has 1 aliphatic carbocycles. The van der Waals surface area contributed by atoms with Gasteiger partial charge in [0.05, 0.1) is 17.9 Å². The molecule has 12 nitrogen and oxygen atoms in total. The summed E-state index contributed by atoms with van der Waals surface area (Å²) >= 11 is 0. The van der Waals surface area contributed by atoms with Gasteiger partial charge in [-0.3, -0.25) is 14.5 Å². The fraction of sp³-hybridized carbons (Fsp3) is 0.761. The van der Waals surface area contributed by atoms with Crippen LogP contribution in [0.5, 0.6) is 0 Å². The van der Waals surface area contributed by atoms with Crippen molar-refractivity contribution in [2.24, 2.45) is 39.2 Å². The summed E-state index contributed by atoms with van der Waals surface area (Å²) in [7, 11) is 1.94. The van der Waals surface area contributed by atoms with Crippen molar-refractivity contribution >= 4 is 29.1 Å². The molecule has 332 valence electrons. The van der Waals surface area contributed by atoms with Crippen molar-refractivity contribution in [3.8, 4) is 0 Å². The number of ether oxygens (including phenoxy) is 3.